The zero-order valence-electron chi connectivity index (χ0n) is 12.1. The predicted octanol–water partition coefficient (Wildman–Crippen LogP) is 0.697. The van der Waals surface area contributed by atoms with Crippen molar-refractivity contribution in [3.8, 4) is 0 Å². The maximum Gasteiger partial charge on any atom is 0.249 e. The van der Waals surface area contributed by atoms with Crippen molar-refractivity contribution in [3.63, 3.8) is 0 Å². The van der Waals surface area contributed by atoms with Crippen LogP contribution in [0, 0.1) is 5.41 Å². The third-order valence-corrected chi connectivity index (χ3v) is 3.29. The molecule has 1 aromatic rings. The molecular formula is C15H24N2O3. The Kier molecular flexibility index (Phi) is 5.98. The number of aliphatic hydroxyl groups is 2. The lowest BCUT2D eigenvalue weighted by Crippen LogP contribution is -2.45. The van der Waals surface area contributed by atoms with E-state index in [0.29, 0.717) is 6.54 Å². The van der Waals surface area contributed by atoms with Crippen LogP contribution in [0.1, 0.15) is 25.8 Å². The first-order valence-electron chi connectivity index (χ1n) is 6.78. The number of hydrogen-bond acceptors (Lipinski definition) is 4. The van der Waals surface area contributed by atoms with Gasteiger partial charge in [0.15, 0.2) is 0 Å². The van der Waals surface area contributed by atoms with Crippen molar-refractivity contribution in [1.29, 1.82) is 0 Å². The Morgan fingerprint density at radius 1 is 1.45 bits per heavy atom. The maximum atomic E-state index is 11.7. The number of aliphatic hydroxyl groups excluding tert-OH is 2. The minimum absolute atomic E-state index is 0.245. The molecule has 112 valence electrons. The van der Waals surface area contributed by atoms with Crippen molar-refractivity contribution in [2.45, 2.75) is 32.8 Å². The third-order valence-electron chi connectivity index (χ3n) is 3.29. The zero-order valence-corrected chi connectivity index (χ0v) is 12.1. The summed E-state index contributed by atoms with van der Waals surface area (Å²) >= 11 is 0. The fraction of sp³-hybridized carbons (Fsp3) is 0.533. The van der Waals surface area contributed by atoms with E-state index in [9.17, 15) is 9.90 Å². The van der Waals surface area contributed by atoms with Crippen LogP contribution in [0.2, 0.25) is 0 Å². The molecule has 0 fully saturated rings. The molecule has 20 heavy (non-hydrogen) atoms. The number of carbonyl (C=O) groups excluding carboxylic acids is 1. The Balaban J connectivity index is 2.32. The summed E-state index contributed by atoms with van der Waals surface area (Å²) in [7, 11) is 0. The first-order chi connectivity index (χ1) is 9.36. The summed E-state index contributed by atoms with van der Waals surface area (Å²) in [4.78, 5) is 11.7. The van der Waals surface area contributed by atoms with Crippen LogP contribution in [-0.4, -0.2) is 35.4 Å². The molecule has 0 unspecified atom stereocenters. The number of anilines is 1. The molecule has 0 aliphatic rings. The van der Waals surface area contributed by atoms with Gasteiger partial charge in [0, 0.05) is 17.6 Å². The van der Waals surface area contributed by atoms with Crippen molar-refractivity contribution in [3.05, 3.63) is 29.8 Å². The summed E-state index contributed by atoms with van der Waals surface area (Å²) in [6.45, 7) is 3.52. The highest BCUT2D eigenvalue weighted by atomic mass is 16.3. The van der Waals surface area contributed by atoms with Gasteiger partial charge in [-0.1, -0.05) is 26.0 Å². The second-order valence-electron chi connectivity index (χ2n) is 5.69. The first-order valence-corrected chi connectivity index (χ1v) is 6.78. The van der Waals surface area contributed by atoms with Gasteiger partial charge in [0.05, 0.1) is 6.61 Å². The number of aryl methyl sites for hydroxylation is 1. The summed E-state index contributed by atoms with van der Waals surface area (Å²) in [5.74, 6) is -0.448. The van der Waals surface area contributed by atoms with Gasteiger partial charge < -0.3 is 21.3 Å². The number of nitrogens with one attached hydrogen (secondary N) is 1. The molecule has 0 aliphatic heterocycles. The molecule has 0 saturated carbocycles. The summed E-state index contributed by atoms with van der Waals surface area (Å²) in [5.41, 5.74) is 6.70. The molecule has 0 radical (unpaired) electrons. The standard InChI is InChI=1S/C15H24N2O3/c1-15(2,10-18)13(19)14(20)17-8-4-6-11-5-3-7-12(16)9-11/h3,5,7,9,13,18-19H,4,6,8,10,16H2,1-2H3,(H,17,20)/t13-/m1/s1. The molecule has 0 aromatic heterocycles. The second-order valence-corrected chi connectivity index (χ2v) is 5.69. The van der Waals surface area contributed by atoms with Crippen LogP contribution in [0.25, 0.3) is 0 Å². The van der Waals surface area contributed by atoms with Gasteiger partial charge in [-0.25, -0.2) is 0 Å². The van der Waals surface area contributed by atoms with Crippen molar-refractivity contribution in [2.24, 2.45) is 5.41 Å². The Hall–Kier alpha value is -1.59. The number of nitrogen functional groups attached to an aromatic ring is 1. The highest BCUT2D eigenvalue weighted by Crippen LogP contribution is 2.19. The van der Waals surface area contributed by atoms with E-state index in [4.69, 9.17) is 10.8 Å². The van der Waals surface area contributed by atoms with Gasteiger partial charge in [-0.05, 0) is 30.5 Å². The van der Waals surface area contributed by atoms with Gasteiger partial charge in [0.25, 0.3) is 0 Å². The molecule has 0 aliphatic carbocycles. The van der Waals surface area contributed by atoms with E-state index in [1.165, 1.54) is 0 Å². The van der Waals surface area contributed by atoms with Gasteiger partial charge in [-0.3, -0.25) is 4.79 Å². The number of nitrogens with two attached hydrogens (primary N) is 1. The monoisotopic (exact) mass is 280 g/mol. The van der Waals surface area contributed by atoms with Crippen LogP contribution in [0.5, 0.6) is 0 Å². The minimum Gasteiger partial charge on any atom is -0.399 e. The average Bonchev–Trinajstić information content (AvgIpc) is 2.42. The predicted molar refractivity (Wildman–Crippen MR) is 79.1 cm³/mol. The SMILES string of the molecule is CC(C)(CO)[C@H](O)C(=O)NCCCc1cccc(N)c1. The molecule has 1 atom stereocenters. The van der Waals surface area contributed by atoms with Gasteiger partial charge in [-0.15, -0.1) is 0 Å². The molecule has 0 spiro atoms. The normalized spacial score (nSPS) is 13.0. The lowest BCUT2D eigenvalue weighted by Gasteiger charge is -2.27. The number of hydrogen-bond donors (Lipinski definition) is 4. The van der Waals surface area contributed by atoms with Crippen molar-refractivity contribution in [1.82, 2.24) is 5.32 Å². The molecule has 0 bridgehead atoms. The molecule has 5 heteroatoms. The highest BCUT2D eigenvalue weighted by molar-refractivity contribution is 5.81. The van der Waals surface area contributed by atoms with Gasteiger partial charge in [0.2, 0.25) is 5.91 Å². The molecule has 5 nitrogen and oxygen atoms in total. The Bertz CT molecular complexity index is 446. The van der Waals surface area contributed by atoms with Crippen LogP contribution in [0.3, 0.4) is 0 Å². The average molecular weight is 280 g/mol. The van der Waals surface area contributed by atoms with E-state index in [1.54, 1.807) is 13.8 Å². The number of benzene rings is 1. The van der Waals surface area contributed by atoms with Crippen molar-refractivity contribution in [2.75, 3.05) is 18.9 Å². The quantitative estimate of drug-likeness (QED) is 0.436. The number of carbonyl (C=O) groups is 1. The van der Waals surface area contributed by atoms with Crippen LogP contribution in [-0.2, 0) is 11.2 Å². The maximum absolute atomic E-state index is 11.7. The Morgan fingerprint density at radius 3 is 2.75 bits per heavy atom. The molecule has 1 aromatic carbocycles. The van der Waals surface area contributed by atoms with Crippen LogP contribution < -0.4 is 11.1 Å². The van der Waals surface area contributed by atoms with E-state index >= 15 is 0 Å². The van der Waals surface area contributed by atoms with Crippen LogP contribution in [0.15, 0.2) is 24.3 Å². The first kappa shape index (κ1) is 16.5. The zero-order chi connectivity index (χ0) is 15.2. The lowest BCUT2D eigenvalue weighted by molar-refractivity contribution is -0.137. The number of amides is 1. The third kappa shape index (κ3) is 4.83. The van der Waals surface area contributed by atoms with Gasteiger partial charge in [-0.2, -0.15) is 0 Å². The molecular weight excluding hydrogens is 256 g/mol. The van der Waals surface area contributed by atoms with Crippen LogP contribution in [0.4, 0.5) is 5.69 Å². The van der Waals surface area contributed by atoms with Crippen molar-refractivity contribution >= 4 is 11.6 Å². The van der Waals surface area contributed by atoms with E-state index in [2.05, 4.69) is 5.32 Å². The number of rotatable bonds is 7. The second kappa shape index (κ2) is 7.26. The Labute approximate surface area is 119 Å². The fourth-order valence-electron chi connectivity index (χ4n) is 1.79. The topological polar surface area (TPSA) is 95.6 Å². The highest BCUT2D eigenvalue weighted by Gasteiger charge is 2.32. The van der Waals surface area contributed by atoms with E-state index in [0.717, 1.165) is 24.1 Å². The lowest BCUT2D eigenvalue weighted by atomic mass is 9.87. The summed E-state index contributed by atoms with van der Waals surface area (Å²) in [6.07, 6.45) is 0.367. The smallest absolute Gasteiger partial charge is 0.249 e. The summed E-state index contributed by atoms with van der Waals surface area (Å²) in [5, 5.41) is 21.6. The molecule has 0 heterocycles. The fourth-order valence-corrected chi connectivity index (χ4v) is 1.79. The molecule has 1 amide bonds. The summed E-state index contributed by atoms with van der Waals surface area (Å²) in [6, 6.07) is 7.63. The van der Waals surface area contributed by atoms with Crippen molar-refractivity contribution < 1.29 is 15.0 Å². The van der Waals surface area contributed by atoms with Crippen LogP contribution >= 0.6 is 0 Å². The minimum atomic E-state index is -1.21. The van der Waals surface area contributed by atoms with Gasteiger partial charge >= 0.3 is 0 Å². The van der Waals surface area contributed by atoms with E-state index in [-0.39, 0.29) is 6.61 Å². The molecule has 5 N–H and O–H groups in total. The molecule has 1 rings (SSSR count). The summed E-state index contributed by atoms with van der Waals surface area (Å²) < 4.78 is 0. The Morgan fingerprint density at radius 2 is 2.15 bits per heavy atom. The molecule has 0 saturated heterocycles. The van der Waals surface area contributed by atoms with E-state index in [1.807, 2.05) is 24.3 Å². The van der Waals surface area contributed by atoms with E-state index < -0.39 is 17.4 Å². The largest absolute Gasteiger partial charge is 0.399 e. The van der Waals surface area contributed by atoms with Gasteiger partial charge in [0.1, 0.15) is 6.10 Å².